The molecule has 114 valence electrons. The third kappa shape index (κ3) is 4.47. The van der Waals surface area contributed by atoms with E-state index in [1.165, 1.54) is 0 Å². The molecule has 0 amide bonds. The van der Waals surface area contributed by atoms with Crippen molar-refractivity contribution in [2.24, 2.45) is 0 Å². The van der Waals surface area contributed by atoms with Crippen molar-refractivity contribution in [1.29, 1.82) is 0 Å². The molecule has 1 unspecified atom stereocenters. The quantitative estimate of drug-likeness (QED) is 0.804. The predicted octanol–water partition coefficient (Wildman–Crippen LogP) is 1.46. The van der Waals surface area contributed by atoms with Crippen molar-refractivity contribution in [3.05, 3.63) is 29.8 Å². The lowest BCUT2D eigenvalue weighted by Crippen LogP contribution is -2.40. The number of hydrogen-bond acceptors (Lipinski definition) is 3. The highest BCUT2D eigenvalue weighted by molar-refractivity contribution is 7.89. The molecule has 0 heterocycles. The number of rotatable bonds is 5. The lowest BCUT2D eigenvalue weighted by atomic mass is 10.2. The zero-order valence-corrected chi connectivity index (χ0v) is 11.2. The fourth-order valence-electron chi connectivity index (χ4n) is 1.38. The Bertz CT molecular complexity index is 659. The molecule has 2 N–H and O–H groups in total. The molecule has 0 aliphatic rings. The second-order valence-electron chi connectivity index (χ2n) is 3.94. The molecule has 1 aromatic carbocycles. The van der Waals surface area contributed by atoms with Gasteiger partial charge in [-0.3, -0.25) is 4.79 Å². The fraction of sp³-hybridized carbons (Fsp3) is 0.250. The van der Waals surface area contributed by atoms with Crippen LogP contribution in [0.5, 0.6) is 0 Å². The molecular formula is C12H10F3NO4S. The van der Waals surface area contributed by atoms with E-state index in [0.29, 0.717) is 12.1 Å². The molecule has 1 aromatic rings. The Labute approximate surface area is 118 Å². The Kier molecular flexibility index (Phi) is 4.98. The van der Waals surface area contributed by atoms with E-state index in [4.69, 9.17) is 11.5 Å². The van der Waals surface area contributed by atoms with Crippen molar-refractivity contribution in [2.75, 3.05) is 0 Å². The number of carboxylic acids is 1. The van der Waals surface area contributed by atoms with Crippen molar-refractivity contribution in [1.82, 2.24) is 4.72 Å². The van der Waals surface area contributed by atoms with Gasteiger partial charge in [-0.05, 0) is 24.3 Å². The predicted molar refractivity (Wildman–Crippen MR) is 66.6 cm³/mol. The first kappa shape index (κ1) is 17.0. The van der Waals surface area contributed by atoms with E-state index in [0.717, 1.165) is 12.1 Å². The number of carboxylic acid groups (broad SMARTS) is 1. The van der Waals surface area contributed by atoms with Crippen LogP contribution in [0.3, 0.4) is 0 Å². The van der Waals surface area contributed by atoms with Gasteiger partial charge in [-0.15, -0.1) is 12.3 Å². The Morgan fingerprint density at radius 1 is 1.33 bits per heavy atom. The number of alkyl halides is 3. The molecule has 0 bridgehead atoms. The Morgan fingerprint density at radius 2 is 1.86 bits per heavy atom. The van der Waals surface area contributed by atoms with Crippen LogP contribution in [0.1, 0.15) is 12.0 Å². The normalized spacial score (nSPS) is 13.4. The van der Waals surface area contributed by atoms with Crippen LogP contribution in [0, 0.1) is 12.3 Å². The lowest BCUT2D eigenvalue weighted by molar-refractivity contribution is -0.139. The molecular weight excluding hydrogens is 311 g/mol. The summed E-state index contributed by atoms with van der Waals surface area (Å²) in [6.07, 6.45) is -0.0688. The van der Waals surface area contributed by atoms with Gasteiger partial charge in [0.05, 0.1) is 10.5 Å². The van der Waals surface area contributed by atoms with E-state index >= 15 is 0 Å². The summed E-state index contributed by atoms with van der Waals surface area (Å²) in [7, 11) is -4.28. The molecule has 0 saturated heterocycles. The van der Waals surface area contributed by atoms with Crippen molar-refractivity contribution in [3.8, 4) is 12.3 Å². The number of carbonyl (C=O) groups is 1. The average molecular weight is 321 g/mol. The minimum absolute atomic E-state index is 0.394. The van der Waals surface area contributed by atoms with Crippen LogP contribution in [0.15, 0.2) is 29.2 Å². The van der Waals surface area contributed by atoms with Crippen LogP contribution in [-0.4, -0.2) is 25.5 Å². The van der Waals surface area contributed by atoms with Crippen LogP contribution in [0.25, 0.3) is 0 Å². The number of aliphatic carboxylic acids is 1. The zero-order chi connectivity index (χ0) is 16.3. The minimum Gasteiger partial charge on any atom is -0.480 e. The van der Waals surface area contributed by atoms with Crippen molar-refractivity contribution >= 4 is 16.0 Å². The van der Waals surface area contributed by atoms with Crippen LogP contribution in [0.2, 0.25) is 0 Å². The smallest absolute Gasteiger partial charge is 0.416 e. The summed E-state index contributed by atoms with van der Waals surface area (Å²) in [4.78, 5) is 10.3. The number of terminal acetylenes is 1. The highest BCUT2D eigenvalue weighted by atomic mass is 32.2. The standard InChI is InChI=1S/C12H10F3NO4S/c1-2-3-10(11(17)18)16-21(19,20)9-6-4-8(5-7-9)12(13,14)15/h1,4-7,10,16H,3H2,(H,17,18). The van der Waals surface area contributed by atoms with E-state index < -0.39 is 45.1 Å². The highest BCUT2D eigenvalue weighted by Gasteiger charge is 2.31. The van der Waals surface area contributed by atoms with Gasteiger partial charge in [-0.2, -0.15) is 17.9 Å². The molecule has 0 aliphatic carbocycles. The number of hydrogen-bond donors (Lipinski definition) is 2. The second-order valence-corrected chi connectivity index (χ2v) is 5.66. The summed E-state index contributed by atoms with van der Waals surface area (Å²) in [5.74, 6) is 0.513. The van der Waals surface area contributed by atoms with Gasteiger partial charge in [0.25, 0.3) is 0 Å². The minimum atomic E-state index is -4.59. The molecule has 1 rings (SSSR count). The van der Waals surface area contributed by atoms with Crippen molar-refractivity contribution in [3.63, 3.8) is 0 Å². The number of nitrogens with one attached hydrogen (secondary N) is 1. The molecule has 5 nitrogen and oxygen atoms in total. The summed E-state index contributed by atoms with van der Waals surface area (Å²) in [5, 5.41) is 8.79. The number of sulfonamides is 1. The summed E-state index contributed by atoms with van der Waals surface area (Å²) in [6.45, 7) is 0. The van der Waals surface area contributed by atoms with Gasteiger partial charge in [0.15, 0.2) is 0 Å². The summed E-state index contributed by atoms with van der Waals surface area (Å²) in [5.41, 5.74) is -1.01. The van der Waals surface area contributed by atoms with Gasteiger partial charge in [0, 0.05) is 6.42 Å². The molecule has 0 saturated carbocycles. The fourth-order valence-corrected chi connectivity index (χ4v) is 2.56. The van der Waals surface area contributed by atoms with Crippen LogP contribution in [0.4, 0.5) is 13.2 Å². The van der Waals surface area contributed by atoms with Crippen LogP contribution < -0.4 is 4.72 Å². The lowest BCUT2D eigenvalue weighted by Gasteiger charge is -2.13. The molecule has 1 atom stereocenters. The van der Waals surface area contributed by atoms with E-state index in [2.05, 4.69) is 0 Å². The first-order valence-electron chi connectivity index (χ1n) is 5.44. The monoisotopic (exact) mass is 321 g/mol. The van der Waals surface area contributed by atoms with E-state index in [1.54, 1.807) is 0 Å². The first-order chi connectivity index (χ1) is 9.58. The van der Waals surface area contributed by atoms with E-state index in [9.17, 15) is 26.4 Å². The van der Waals surface area contributed by atoms with Gasteiger partial charge in [0.1, 0.15) is 6.04 Å². The van der Waals surface area contributed by atoms with Crippen molar-refractivity contribution < 1.29 is 31.5 Å². The maximum atomic E-state index is 12.4. The van der Waals surface area contributed by atoms with Gasteiger partial charge in [0.2, 0.25) is 10.0 Å². The molecule has 0 fully saturated rings. The van der Waals surface area contributed by atoms with Crippen LogP contribution >= 0.6 is 0 Å². The topological polar surface area (TPSA) is 83.5 Å². The molecule has 0 aromatic heterocycles. The molecule has 0 radical (unpaired) electrons. The largest absolute Gasteiger partial charge is 0.480 e. The summed E-state index contributed by atoms with van der Waals surface area (Å²) < 4.78 is 62.6. The van der Waals surface area contributed by atoms with Gasteiger partial charge in [-0.25, -0.2) is 8.42 Å². The third-order valence-electron chi connectivity index (χ3n) is 2.41. The van der Waals surface area contributed by atoms with Gasteiger partial charge in [-0.1, -0.05) is 0 Å². The average Bonchev–Trinajstić information content (AvgIpc) is 2.37. The van der Waals surface area contributed by atoms with Gasteiger partial charge >= 0.3 is 12.1 Å². The van der Waals surface area contributed by atoms with Crippen molar-refractivity contribution in [2.45, 2.75) is 23.5 Å². The van der Waals surface area contributed by atoms with Crippen LogP contribution in [-0.2, 0) is 21.0 Å². The first-order valence-corrected chi connectivity index (χ1v) is 6.92. The Hall–Kier alpha value is -2.05. The van der Waals surface area contributed by atoms with E-state index in [1.807, 2.05) is 10.6 Å². The number of halogens is 3. The maximum absolute atomic E-state index is 12.4. The number of benzene rings is 1. The van der Waals surface area contributed by atoms with Gasteiger partial charge < -0.3 is 5.11 Å². The molecule has 9 heteroatoms. The second kappa shape index (κ2) is 6.15. The Morgan fingerprint density at radius 3 is 2.24 bits per heavy atom. The third-order valence-corrected chi connectivity index (χ3v) is 3.90. The zero-order valence-electron chi connectivity index (χ0n) is 10.4. The SMILES string of the molecule is C#CCC(NS(=O)(=O)c1ccc(C(F)(F)F)cc1)C(=O)O. The molecule has 21 heavy (non-hydrogen) atoms. The molecule has 0 spiro atoms. The highest BCUT2D eigenvalue weighted by Crippen LogP contribution is 2.29. The Balaban J connectivity index is 3.03. The summed E-state index contributed by atoms with van der Waals surface area (Å²) in [6, 6.07) is 1.10. The summed E-state index contributed by atoms with van der Waals surface area (Å²) >= 11 is 0. The van der Waals surface area contributed by atoms with E-state index in [-0.39, 0.29) is 0 Å². The maximum Gasteiger partial charge on any atom is 0.416 e. The molecule has 0 aliphatic heterocycles.